The summed E-state index contributed by atoms with van der Waals surface area (Å²) < 4.78 is 17.3. The maximum Gasteiger partial charge on any atom is 0.306 e. The quantitative estimate of drug-likeness (QED) is 0.297. The van der Waals surface area contributed by atoms with E-state index in [1.807, 2.05) is 0 Å². The minimum Gasteiger partial charge on any atom is -0.462 e. The SMILES string of the molecule is CCCCCCCCC(=O)OC(CCC1CCCO1)CCC1CCCO1. The Kier molecular flexibility index (Phi) is 11.3. The first-order valence-electron chi connectivity index (χ1n) is 11.2. The van der Waals surface area contributed by atoms with Crippen LogP contribution in [0.2, 0.25) is 0 Å². The van der Waals surface area contributed by atoms with E-state index < -0.39 is 0 Å². The molecule has 0 spiro atoms. The summed E-state index contributed by atoms with van der Waals surface area (Å²) in [4.78, 5) is 12.2. The lowest BCUT2D eigenvalue weighted by atomic mass is 10.0. The summed E-state index contributed by atoms with van der Waals surface area (Å²) in [6.45, 7) is 4.01. The Morgan fingerprint density at radius 1 is 0.923 bits per heavy atom. The molecule has 0 aromatic rings. The third-order valence-electron chi connectivity index (χ3n) is 5.70. The van der Waals surface area contributed by atoms with Crippen LogP contribution in [0.15, 0.2) is 0 Å². The summed E-state index contributed by atoms with van der Waals surface area (Å²) in [5.74, 6) is -0.00910. The van der Waals surface area contributed by atoms with Crippen LogP contribution in [0.4, 0.5) is 0 Å². The van der Waals surface area contributed by atoms with Gasteiger partial charge in [-0.05, 0) is 57.8 Å². The lowest BCUT2D eigenvalue weighted by Crippen LogP contribution is -2.22. The van der Waals surface area contributed by atoms with E-state index in [2.05, 4.69) is 6.92 Å². The lowest BCUT2D eigenvalue weighted by Gasteiger charge is -2.21. The van der Waals surface area contributed by atoms with Crippen molar-refractivity contribution in [3.8, 4) is 0 Å². The molecular formula is C22H40O4. The molecule has 2 aliphatic rings. The molecule has 0 amide bonds. The zero-order valence-corrected chi connectivity index (χ0v) is 16.9. The van der Waals surface area contributed by atoms with Gasteiger partial charge < -0.3 is 14.2 Å². The highest BCUT2D eigenvalue weighted by Crippen LogP contribution is 2.24. The summed E-state index contributed by atoms with van der Waals surface area (Å²) in [7, 11) is 0. The molecule has 26 heavy (non-hydrogen) atoms. The predicted octanol–water partition coefficient (Wildman–Crippen LogP) is 5.57. The fraction of sp³-hybridized carbons (Fsp3) is 0.955. The van der Waals surface area contributed by atoms with Crippen LogP contribution in [-0.4, -0.2) is 37.5 Å². The molecule has 0 saturated carbocycles. The molecule has 2 unspecified atom stereocenters. The third kappa shape index (κ3) is 9.36. The van der Waals surface area contributed by atoms with Gasteiger partial charge in [-0.15, -0.1) is 0 Å². The van der Waals surface area contributed by atoms with Crippen molar-refractivity contribution < 1.29 is 19.0 Å². The molecule has 0 radical (unpaired) electrons. The Morgan fingerprint density at radius 3 is 2.04 bits per heavy atom. The lowest BCUT2D eigenvalue weighted by molar-refractivity contribution is -0.150. The van der Waals surface area contributed by atoms with E-state index >= 15 is 0 Å². The van der Waals surface area contributed by atoms with Crippen molar-refractivity contribution in [2.75, 3.05) is 13.2 Å². The van der Waals surface area contributed by atoms with E-state index in [1.54, 1.807) is 0 Å². The molecule has 0 bridgehead atoms. The Hall–Kier alpha value is -0.610. The van der Waals surface area contributed by atoms with Gasteiger partial charge in [0.25, 0.3) is 0 Å². The average Bonchev–Trinajstić information content (AvgIpc) is 3.34. The van der Waals surface area contributed by atoms with Crippen LogP contribution in [0.3, 0.4) is 0 Å². The van der Waals surface area contributed by atoms with Crippen molar-refractivity contribution in [3.05, 3.63) is 0 Å². The minimum atomic E-state index is -0.00910. The van der Waals surface area contributed by atoms with Crippen molar-refractivity contribution in [2.24, 2.45) is 0 Å². The van der Waals surface area contributed by atoms with Crippen molar-refractivity contribution in [3.63, 3.8) is 0 Å². The second-order valence-electron chi connectivity index (χ2n) is 8.05. The first-order valence-corrected chi connectivity index (χ1v) is 11.2. The number of unbranched alkanes of at least 4 members (excludes halogenated alkanes) is 5. The zero-order valence-electron chi connectivity index (χ0n) is 16.9. The number of esters is 1. The van der Waals surface area contributed by atoms with Crippen LogP contribution in [0.1, 0.15) is 103 Å². The number of ether oxygens (including phenoxy) is 3. The van der Waals surface area contributed by atoms with Crippen LogP contribution >= 0.6 is 0 Å². The standard InChI is InChI=1S/C22H40O4/c1-2-3-4-5-6-7-12-22(23)26-21(15-13-19-10-8-17-24-19)16-14-20-11-9-18-25-20/h19-21H,2-18H2,1H3. The van der Waals surface area contributed by atoms with Gasteiger partial charge in [0.05, 0.1) is 12.2 Å². The normalized spacial score (nSPS) is 24.0. The molecule has 2 aliphatic heterocycles. The number of hydrogen-bond acceptors (Lipinski definition) is 4. The van der Waals surface area contributed by atoms with Gasteiger partial charge in [0.15, 0.2) is 0 Å². The summed E-state index contributed by atoms with van der Waals surface area (Å²) in [6, 6.07) is 0. The zero-order chi connectivity index (χ0) is 18.5. The van der Waals surface area contributed by atoms with Crippen LogP contribution in [0.25, 0.3) is 0 Å². The van der Waals surface area contributed by atoms with Crippen LogP contribution < -0.4 is 0 Å². The van der Waals surface area contributed by atoms with E-state index in [4.69, 9.17) is 14.2 Å². The molecule has 2 saturated heterocycles. The molecule has 0 aromatic heterocycles. The molecular weight excluding hydrogens is 328 g/mol. The predicted molar refractivity (Wildman–Crippen MR) is 104 cm³/mol. The molecule has 2 rings (SSSR count). The number of carbonyl (C=O) groups is 1. The minimum absolute atomic E-state index is 0.00910. The van der Waals surface area contributed by atoms with E-state index in [1.165, 1.54) is 38.5 Å². The largest absolute Gasteiger partial charge is 0.462 e. The molecule has 2 fully saturated rings. The maximum atomic E-state index is 12.2. The third-order valence-corrected chi connectivity index (χ3v) is 5.70. The van der Waals surface area contributed by atoms with Crippen LogP contribution in [-0.2, 0) is 19.0 Å². The van der Waals surface area contributed by atoms with Crippen molar-refractivity contribution >= 4 is 5.97 Å². The monoisotopic (exact) mass is 368 g/mol. The smallest absolute Gasteiger partial charge is 0.306 e. The Bertz CT molecular complexity index is 339. The van der Waals surface area contributed by atoms with Gasteiger partial charge >= 0.3 is 5.97 Å². The Morgan fingerprint density at radius 2 is 1.50 bits per heavy atom. The van der Waals surface area contributed by atoms with E-state index in [0.29, 0.717) is 18.6 Å². The fourth-order valence-electron chi connectivity index (χ4n) is 4.04. The summed E-state index contributed by atoms with van der Waals surface area (Å²) in [5.41, 5.74) is 0. The van der Waals surface area contributed by atoms with Crippen LogP contribution in [0, 0.1) is 0 Å². The van der Waals surface area contributed by atoms with Gasteiger partial charge in [-0.2, -0.15) is 0 Å². The van der Waals surface area contributed by atoms with E-state index in [0.717, 1.165) is 64.6 Å². The highest BCUT2D eigenvalue weighted by Gasteiger charge is 2.23. The molecule has 4 nitrogen and oxygen atoms in total. The number of rotatable bonds is 14. The summed E-state index contributed by atoms with van der Waals surface area (Å²) in [5, 5.41) is 0. The van der Waals surface area contributed by atoms with E-state index in [9.17, 15) is 4.79 Å². The van der Waals surface area contributed by atoms with Gasteiger partial charge in [0, 0.05) is 19.6 Å². The number of carbonyl (C=O) groups excluding carboxylic acids is 1. The fourth-order valence-corrected chi connectivity index (χ4v) is 4.04. The van der Waals surface area contributed by atoms with Gasteiger partial charge in [0.1, 0.15) is 6.10 Å². The first-order chi connectivity index (χ1) is 12.8. The van der Waals surface area contributed by atoms with Gasteiger partial charge in [-0.3, -0.25) is 4.79 Å². The summed E-state index contributed by atoms with van der Waals surface area (Å²) in [6.07, 6.45) is 17.1. The topological polar surface area (TPSA) is 44.8 Å². The van der Waals surface area contributed by atoms with Gasteiger partial charge in [-0.25, -0.2) is 0 Å². The second kappa shape index (κ2) is 13.5. The molecule has 0 aliphatic carbocycles. The number of hydrogen-bond donors (Lipinski definition) is 0. The molecule has 152 valence electrons. The molecule has 4 heteroatoms. The van der Waals surface area contributed by atoms with Gasteiger partial charge in [0.2, 0.25) is 0 Å². The Balaban J connectivity index is 1.64. The summed E-state index contributed by atoms with van der Waals surface area (Å²) >= 11 is 0. The molecule has 0 N–H and O–H groups in total. The molecule has 2 heterocycles. The highest BCUT2D eigenvalue weighted by atomic mass is 16.5. The maximum absolute atomic E-state index is 12.2. The van der Waals surface area contributed by atoms with Gasteiger partial charge in [-0.1, -0.05) is 39.0 Å². The Labute approximate surface area is 160 Å². The average molecular weight is 369 g/mol. The highest BCUT2D eigenvalue weighted by molar-refractivity contribution is 5.69. The first kappa shape index (κ1) is 21.7. The second-order valence-corrected chi connectivity index (χ2v) is 8.05. The molecule has 0 aromatic carbocycles. The molecule has 2 atom stereocenters. The van der Waals surface area contributed by atoms with Crippen molar-refractivity contribution in [2.45, 2.75) is 122 Å². The van der Waals surface area contributed by atoms with Crippen molar-refractivity contribution in [1.82, 2.24) is 0 Å². The van der Waals surface area contributed by atoms with Crippen LogP contribution in [0.5, 0.6) is 0 Å². The van der Waals surface area contributed by atoms with Crippen molar-refractivity contribution in [1.29, 1.82) is 0 Å². The van der Waals surface area contributed by atoms with E-state index in [-0.39, 0.29) is 12.1 Å².